The fourth-order valence-electron chi connectivity index (χ4n) is 4.24. The minimum absolute atomic E-state index is 0.243. The molecule has 0 aliphatic carbocycles. The van der Waals surface area contributed by atoms with Crippen LogP contribution in [0.3, 0.4) is 0 Å². The van der Waals surface area contributed by atoms with Crippen LogP contribution in [0.1, 0.15) is 30.3 Å². The summed E-state index contributed by atoms with van der Waals surface area (Å²) in [5.41, 5.74) is 3.00. The van der Waals surface area contributed by atoms with Gasteiger partial charge in [-0.2, -0.15) is 0 Å². The van der Waals surface area contributed by atoms with Gasteiger partial charge in [-0.05, 0) is 47.4 Å². The maximum absolute atomic E-state index is 13.4. The van der Waals surface area contributed by atoms with Crippen LogP contribution in [-0.2, 0) is 19.5 Å². The van der Waals surface area contributed by atoms with Crippen LogP contribution in [0, 0.1) is 5.82 Å². The lowest BCUT2D eigenvalue weighted by atomic mass is 10.0. The number of tetrazole rings is 1. The van der Waals surface area contributed by atoms with Crippen LogP contribution in [0.25, 0.3) is 11.0 Å². The first kappa shape index (κ1) is 18.9. The average Bonchev–Trinajstić information content (AvgIpc) is 3.40. The molecule has 30 heavy (non-hydrogen) atoms. The number of nitrogens with zero attached hydrogens (tertiary/aromatic N) is 7. The Morgan fingerprint density at radius 1 is 1.03 bits per heavy atom. The molecule has 0 bridgehead atoms. The molecule has 2 aromatic heterocycles. The highest BCUT2D eigenvalue weighted by Crippen LogP contribution is 2.27. The summed E-state index contributed by atoms with van der Waals surface area (Å²) in [6.07, 6.45) is 4.80. The zero-order valence-electron chi connectivity index (χ0n) is 16.7. The highest BCUT2D eigenvalue weighted by Gasteiger charge is 2.23. The molecule has 0 radical (unpaired) electrons. The van der Waals surface area contributed by atoms with Crippen molar-refractivity contribution < 1.29 is 4.39 Å². The van der Waals surface area contributed by atoms with Crippen molar-refractivity contribution in [2.75, 3.05) is 13.1 Å². The smallest absolute Gasteiger partial charge is 0.165 e. The second-order valence-electron chi connectivity index (χ2n) is 7.85. The van der Waals surface area contributed by atoms with Gasteiger partial charge in [-0.1, -0.05) is 30.3 Å². The predicted octanol–water partition coefficient (Wildman–Crippen LogP) is 3.24. The van der Waals surface area contributed by atoms with Crippen LogP contribution in [-0.4, -0.2) is 47.7 Å². The van der Waals surface area contributed by atoms with Crippen molar-refractivity contribution in [3.63, 3.8) is 0 Å². The van der Waals surface area contributed by atoms with Gasteiger partial charge in [0.05, 0.1) is 23.9 Å². The number of fused-ring (bicyclic) bond motifs is 1. The molecule has 0 amide bonds. The Labute approximate surface area is 174 Å². The van der Waals surface area contributed by atoms with E-state index in [4.69, 9.17) is 0 Å². The van der Waals surface area contributed by atoms with E-state index in [1.165, 1.54) is 17.7 Å². The molecule has 154 valence electrons. The first-order valence-corrected chi connectivity index (χ1v) is 10.4. The highest BCUT2D eigenvalue weighted by molar-refractivity contribution is 5.75. The van der Waals surface area contributed by atoms with Gasteiger partial charge in [-0.15, -0.1) is 5.10 Å². The molecule has 7 nitrogen and oxygen atoms in total. The van der Waals surface area contributed by atoms with Gasteiger partial charge in [0.25, 0.3) is 0 Å². The third kappa shape index (κ3) is 3.95. The van der Waals surface area contributed by atoms with Crippen LogP contribution < -0.4 is 0 Å². The quantitative estimate of drug-likeness (QED) is 0.493. The van der Waals surface area contributed by atoms with Crippen molar-refractivity contribution in [3.05, 3.63) is 72.1 Å². The predicted molar refractivity (Wildman–Crippen MR) is 111 cm³/mol. The van der Waals surface area contributed by atoms with E-state index in [-0.39, 0.29) is 5.82 Å². The van der Waals surface area contributed by atoms with E-state index in [2.05, 4.69) is 54.2 Å². The average molecular weight is 405 g/mol. The van der Waals surface area contributed by atoms with E-state index in [0.29, 0.717) is 6.04 Å². The monoisotopic (exact) mass is 405 g/mol. The van der Waals surface area contributed by atoms with Gasteiger partial charge in [0.2, 0.25) is 0 Å². The molecule has 0 N–H and O–H groups in total. The van der Waals surface area contributed by atoms with Crippen LogP contribution in [0.15, 0.2) is 54.9 Å². The minimum atomic E-state index is -0.243. The molecule has 0 unspecified atom stereocenters. The fraction of sp³-hybridized carbons (Fsp3) is 0.364. The van der Waals surface area contributed by atoms with E-state index in [1.807, 2.05) is 23.1 Å². The van der Waals surface area contributed by atoms with Crippen molar-refractivity contribution in [1.29, 1.82) is 0 Å². The number of hydrogen-bond donors (Lipinski definition) is 0. The molecular formula is C22H24FN7. The van der Waals surface area contributed by atoms with Crippen molar-refractivity contribution in [2.45, 2.75) is 38.4 Å². The number of piperidine rings is 1. The molecule has 8 heteroatoms. The van der Waals surface area contributed by atoms with Gasteiger partial charge in [0, 0.05) is 31.7 Å². The number of imidazole rings is 1. The lowest BCUT2D eigenvalue weighted by Gasteiger charge is -2.32. The Hall–Kier alpha value is -3.13. The van der Waals surface area contributed by atoms with Crippen LogP contribution in [0.5, 0.6) is 0 Å². The fourth-order valence-corrected chi connectivity index (χ4v) is 4.24. The van der Waals surface area contributed by atoms with Crippen molar-refractivity contribution in [1.82, 2.24) is 34.7 Å². The zero-order valence-corrected chi connectivity index (χ0v) is 16.7. The molecule has 5 rings (SSSR count). The molecule has 1 saturated heterocycles. The Morgan fingerprint density at radius 2 is 1.87 bits per heavy atom. The van der Waals surface area contributed by atoms with E-state index in [0.717, 1.165) is 62.3 Å². The molecule has 1 fully saturated rings. The molecule has 1 aliphatic rings. The molecule has 2 aromatic carbocycles. The second-order valence-corrected chi connectivity index (χ2v) is 7.85. The second kappa shape index (κ2) is 8.31. The first-order chi connectivity index (χ1) is 14.8. The Kier molecular flexibility index (Phi) is 5.23. The number of likely N-dealkylation sites (tertiary alicyclic amines) is 1. The normalized spacial score (nSPS) is 15.8. The lowest BCUT2D eigenvalue weighted by Crippen LogP contribution is -2.35. The third-order valence-corrected chi connectivity index (χ3v) is 5.91. The summed E-state index contributed by atoms with van der Waals surface area (Å²) < 4.78 is 17.5. The summed E-state index contributed by atoms with van der Waals surface area (Å²) in [5, 5.41) is 12.3. The summed E-state index contributed by atoms with van der Waals surface area (Å²) in [7, 11) is 0. The van der Waals surface area contributed by atoms with E-state index >= 15 is 0 Å². The van der Waals surface area contributed by atoms with Gasteiger partial charge in [0.1, 0.15) is 5.82 Å². The minimum Gasteiger partial charge on any atom is -0.327 e. The van der Waals surface area contributed by atoms with Gasteiger partial charge < -0.3 is 4.57 Å². The number of hydrogen-bond acceptors (Lipinski definition) is 5. The highest BCUT2D eigenvalue weighted by atomic mass is 19.1. The maximum Gasteiger partial charge on any atom is 0.165 e. The Morgan fingerprint density at radius 3 is 2.70 bits per heavy atom. The number of aryl methyl sites for hydroxylation is 2. The topological polar surface area (TPSA) is 64.7 Å². The summed E-state index contributed by atoms with van der Waals surface area (Å²) in [6.45, 7) is 3.47. The van der Waals surface area contributed by atoms with E-state index < -0.39 is 0 Å². The lowest BCUT2D eigenvalue weighted by molar-refractivity contribution is 0.175. The first-order valence-electron chi connectivity index (χ1n) is 10.4. The van der Waals surface area contributed by atoms with Crippen LogP contribution in [0.2, 0.25) is 0 Å². The molecule has 0 spiro atoms. The summed E-state index contributed by atoms with van der Waals surface area (Å²) >= 11 is 0. The number of benzene rings is 2. The van der Waals surface area contributed by atoms with Gasteiger partial charge in [-0.3, -0.25) is 4.90 Å². The molecule has 4 aromatic rings. The molecular weight excluding hydrogens is 381 g/mol. The van der Waals surface area contributed by atoms with Gasteiger partial charge in [-0.25, -0.2) is 14.1 Å². The Balaban J connectivity index is 1.19. The van der Waals surface area contributed by atoms with E-state index in [1.54, 1.807) is 0 Å². The van der Waals surface area contributed by atoms with Crippen LogP contribution >= 0.6 is 0 Å². The number of aromatic nitrogens is 6. The van der Waals surface area contributed by atoms with Crippen molar-refractivity contribution >= 4 is 11.0 Å². The third-order valence-electron chi connectivity index (χ3n) is 5.91. The standard InChI is InChI=1S/C22H24FN7/c23-18-6-7-21-20(14-18)24-16-29(21)19-9-11-28(12-10-19)15-22-25-26-27-30(22)13-8-17-4-2-1-3-5-17/h1-7,14,16,19H,8-13,15H2. The zero-order chi connectivity index (χ0) is 20.3. The maximum atomic E-state index is 13.4. The summed E-state index contributed by atoms with van der Waals surface area (Å²) in [4.78, 5) is 6.77. The summed E-state index contributed by atoms with van der Waals surface area (Å²) in [5.74, 6) is 0.667. The van der Waals surface area contributed by atoms with Gasteiger partial charge in [0.15, 0.2) is 5.82 Å². The molecule has 0 saturated carbocycles. The molecule has 3 heterocycles. The SMILES string of the molecule is Fc1ccc2c(c1)ncn2C1CCN(Cc2nnnn2CCc2ccccc2)CC1. The summed E-state index contributed by atoms with van der Waals surface area (Å²) in [6, 6.07) is 15.6. The van der Waals surface area contributed by atoms with Crippen molar-refractivity contribution in [2.24, 2.45) is 0 Å². The van der Waals surface area contributed by atoms with Crippen molar-refractivity contribution in [3.8, 4) is 0 Å². The number of rotatable bonds is 6. The number of halogens is 1. The van der Waals surface area contributed by atoms with Crippen LogP contribution in [0.4, 0.5) is 4.39 Å². The molecule has 0 atom stereocenters. The Bertz CT molecular complexity index is 1110. The van der Waals surface area contributed by atoms with Gasteiger partial charge >= 0.3 is 0 Å². The van der Waals surface area contributed by atoms with E-state index in [9.17, 15) is 4.39 Å². The largest absolute Gasteiger partial charge is 0.327 e. The molecule has 1 aliphatic heterocycles.